The lowest BCUT2D eigenvalue weighted by molar-refractivity contribution is 0.196. The van der Waals surface area contributed by atoms with E-state index in [1.807, 2.05) is 0 Å². The molecule has 1 heterocycles. The summed E-state index contributed by atoms with van der Waals surface area (Å²) in [5, 5.41) is 0. The topological polar surface area (TPSA) is 29.3 Å². The largest absolute Gasteiger partial charge is 0.330 e. The zero-order valence-corrected chi connectivity index (χ0v) is 12.6. The van der Waals surface area contributed by atoms with Crippen LogP contribution in [0.25, 0.3) is 0 Å². The molecule has 0 saturated carbocycles. The molecule has 2 heteroatoms. The van der Waals surface area contributed by atoms with Crippen molar-refractivity contribution in [3.8, 4) is 0 Å². The minimum atomic E-state index is 0.494. The highest BCUT2D eigenvalue weighted by Crippen LogP contribution is 2.34. The molecule has 0 spiro atoms. The lowest BCUT2D eigenvalue weighted by atomic mass is 9.88. The van der Waals surface area contributed by atoms with Gasteiger partial charge in [-0.1, -0.05) is 44.5 Å². The van der Waals surface area contributed by atoms with E-state index in [2.05, 4.69) is 50.1 Å². The summed E-state index contributed by atoms with van der Waals surface area (Å²) in [6.07, 6.45) is 3.87. The summed E-state index contributed by atoms with van der Waals surface area (Å²) < 4.78 is 0. The molecule has 0 amide bonds. The SMILES string of the molecule is CC(C)c1ccc(C2C(CN)CCCCN2C)cc1. The standard InChI is InChI=1S/C17H28N2/c1-13(2)14-7-9-15(10-8-14)17-16(12-18)6-4-5-11-19(17)3/h7-10,13,16-17H,4-6,11-12,18H2,1-3H3. The molecule has 0 aliphatic carbocycles. The number of hydrogen-bond donors (Lipinski definition) is 1. The second kappa shape index (κ2) is 6.53. The van der Waals surface area contributed by atoms with Gasteiger partial charge in [0.1, 0.15) is 0 Å². The molecule has 2 N–H and O–H groups in total. The molecule has 19 heavy (non-hydrogen) atoms. The Labute approximate surface area is 118 Å². The molecule has 2 unspecified atom stereocenters. The highest BCUT2D eigenvalue weighted by molar-refractivity contribution is 5.27. The van der Waals surface area contributed by atoms with Crippen molar-refractivity contribution in [3.63, 3.8) is 0 Å². The Hall–Kier alpha value is -0.860. The molecule has 0 aromatic heterocycles. The van der Waals surface area contributed by atoms with Gasteiger partial charge in [-0.15, -0.1) is 0 Å². The molecule has 2 nitrogen and oxygen atoms in total. The van der Waals surface area contributed by atoms with E-state index in [1.54, 1.807) is 0 Å². The maximum atomic E-state index is 6.01. The fourth-order valence-electron chi connectivity index (χ4n) is 3.28. The van der Waals surface area contributed by atoms with Crippen LogP contribution >= 0.6 is 0 Å². The Balaban J connectivity index is 2.24. The normalized spacial score (nSPS) is 25.5. The molecular weight excluding hydrogens is 232 g/mol. The molecule has 0 radical (unpaired) electrons. The van der Waals surface area contributed by atoms with Gasteiger partial charge in [0.25, 0.3) is 0 Å². The van der Waals surface area contributed by atoms with Gasteiger partial charge in [0, 0.05) is 6.04 Å². The van der Waals surface area contributed by atoms with Gasteiger partial charge in [-0.25, -0.2) is 0 Å². The monoisotopic (exact) mass is 260 g/mol. The van der Waals surface area contributed by atoms with E-state index in [1.165, 1.54) is 36.9 Å². The van der Waals surface area contributed by atoms with E-state index in [9.17, 15) is 0 Å². The maximum absolute atomic E-state index is 6.01. The van der Waals surface area contributed by atoms with Crippen LogP contribution in [0.4, 0.5) is 0 Å². The van der Waals surface area contributed by atoms with Gasteiger partial charge in [0.2, 0.25) is 0 Å². The quantitative estimate of drug-likeness (QED) is 0.900. The first kappa shape index (κ1) is 14.5. The van der Waals surface area contributed by atoms with E-state index < -0.39 is 0 Å². The Morgan fingerprint density at radius 2 is 1.89 bits per heavy atom. The Kier molecular flexibility index (Phi) is 5.00. The number of nitrogens with zero attached hydrogens (tertiary/aromatic N) is 1. The fourth-order valence-corrected chi connectivity index (χ4v) is 3.28. The van der Waals surface area contributed by atoms with Crippen LogP contribution < -0.4 is 5.73 Å². The van der Waals surface area contributed by atoms with Crippen molar-refractivity contribution < 1.29 is 0 Å². The Morgan fingerprint density at radius 1 is 1.21 bits per heavy atom. The third-order valence-electron chi connectivity index (χ3n) is 4.50. The molecule has 1 aliphatic heterocycles. The van der Waals surface area contributed by atoms with E-state index in [0.29, 0.717) is 17.9 Å². The smallest absolute Gasteiger partial charge is 0.0385 e. The minimum Gasteiger partial charge on any atom is -0.330 e. The fraction of sp³-hybridized carbons (Fsp3) is 0.647. The second-order valence-corrected chi connectivity index (χ2v) is 6.24. The summed E-state index contributed by atoms with van der Waals surface area (Å²) >= 11 is 0. The van der Waals surface area contributed by atoms with Gasteiger partial charge >= 0.3 is 0 Å². The van der Waals surface area contributed by atoms with Crippen LogP contribution in [0.15, 0.2) is 24.3 Å². The van der Waals surface area contributed by atoms with Gasteiger partial charge in [-0.3, -0.25) is 4.90 Å². The lowest BCUT2D eigenvalue weighted by Gasteiger charge is -2.32. The first-order chi connectivity index (χ1) is 9.13. The van der Waals surface area contributed by atoms with Crippen LogP contribution in [0.5, 0.6) is 0 Å². The molecule has 0 bridgehead atoms. The highest BCUT2D eigenvalue weighted by Gasteiger charge is 2.27. The molecule has 1 fully saturated rings. The maximum Gasteiger partial charge on any atom is 0.0385 e. The molecular formula is C17H28N2. The third-order valence-corrected chi connectivity index (χ3v) is 4.50. The van der Waals surface area contributed by atoms with E-state index in [0.717, 1.165) is 6.54 Å². The van der Waals surface area contributed by atoms with Crippen LogP contribution in [0.1, 0.15) is 56.2 Å². The van der Waals surface area contributed by atoms with Crippen LogP contribution in [-0.2, 0) is 0 Å². The summed E-state index contributed by atoms with van der Waals surface area (Å²) in [5.74, 6) is 1.20. The van der Waals surface area contributed by atoms with Gasteiger partial charge in [-0.2, -0.15) is 0 Å². The van der Waals surface area contributed by atoms with Gasteiger partial charge in [0.05, 0.1) is 0 Å². The predicted octanol–water partition coefficient (Wildman–Crippen LogP) is 3.54. The van der Waals surface area contributed by atoms with E-state index >= 15 is 0 Å². The van der Waals surface area contributed by atoms with Gasteiger partial charge in [-0.05, 0) is 55.9 Å². The average Bonchev–Trinajstić information content (AvgIpc) is 2.60. The number of likely N-dealkylation sites (tertiary alicyclic amines) is 1. The van der Waals surface area contributed by atoms with Crippen molar-refractivity contribution in [1.82, 2.24) is 4.90 Å². The van der Waals surface area contributed by atoms with Crippen molar-refractivity contribution in [2.45, 2.75) is 45.1 Å². The number of rotatable bonds is 3. The summed E-state index contributed by atoms with van der Waals surface area (Å²) in [6.45, 7) is 6.47. The summed E-state index contributed by atoms with van der Waals surface area (Å²) in [5.41, 5.74) is 8.87. The van der Waals surface area contributed by atoms with Crippen molar-refractivity contribution >= 4 is 0 Å². The zero-order chi connectivity index (χ0) is 13.8. The highest BCUT2D eigenvalue weighted by atomic mass is 15.1. The first-order valence-corrected chi connectivity index (χ1v) is 7.63. The summed E-state index contributed by atoms with van der Waals surface area (Å²) in [6, 6.07) is 9.68. The molecule has 2 rings (SSSR count). The van der Waals surface area contributed by atoms with Gasteiger partial charge in [0.15, 0.2) is 0 Å². The second-order valence-electron chi connectivity index (χ2n) is 6.24. The summed E-state index contributed by atoms with van der Waals surface area (Å²) in [7, 11) is 2.25. The number of nitrogens with two attached hydrogens (primary N) is 1. The van der Waals surface area contributed by atoms with Crippen LogP contribution in [0.2, 0.25) is 0 Å². The predicted molar refractivity (Wildman–Crippen MR) is 82.3 cm³/mol. The van der Waals surface area contributed by atoms with E-state index in [-0.39, 0.29) is 0 Å². The zero-order valence-electron chi connectivity index (χ0n) is 12.6. The van der Waals surface area contributed by atoms with Crippen molar-refractivity contribution in [2.24, 2.45) is 11.7 Å². The van der Waals surface area contributed by atoms with Crippen LogP contribution in [0, 0.1) is 5.92 Å². The molecule has 2 atom stereocenters. The minimum absolute atomic E-state index is 0.494. The molecule has 106 valence electrons. The van der Waals surface area contributed by atoms with E-state index in [4.69, 9.17) is 5.73 Å². The first-order valence-electron chi connectivity index (χ1n) is 7.63. The molecule has 1 aromatic carbocycles. The van der Waals surface area contributed by atoms with Crippen molar-refractivity contribution in [3.05, 3.63) is 35.4 Å². The molecule has 1 aliphatic rings. The van der Waals surface area contributed by atoms with Crippen molar-refractivity contribution in [2.75, 3.05) is 20.1 Å². The van der Waals surface area contributed by atoms with Gasteiger partial charge < -0.3 is 5.73 Å². The average molecular weight is 260 g/mol. The molecule has 1 aromatic rings. The number of benzene rings is 1. The Morgan fingerprint density at radius 3 is 2.47 bits per heavy atom. The number of hydrogen-bond acceptors (Lipinski definition) is 2. The van der Waals surface area contributed by atoms with Crippen molar-refractivity contribution in [1.29, 1.82) is 0 Å². The summed E-state index contributed by atoms with van der Waals surface area (Å²) in [4.78, 5) is 2.49. The lowest BCUT2D eigenvalue weighted by Crippen LogP contribution is -2.32. The Bertz CT molecular complexity index is 383. The molecule has 1 saturated heterocycles. The third kappa shape index (κ3) is 3.37. The van der Waals surface area contributed by atoms with Crippen LogP contribution in [-0.4, -0.2) is 25.0 Å². The van der Waals surface area contributed by atoms with Crippen LogP contribution in [0.3, 0.4) is 0 Å².